The third-order valence-corrected chi connectivity index (χ3v) is 4.65. The van der Waals surface area contributed by atoms with Crippen LogP contribution in [0.25, 0.3) is 0 Å². The van der Waals surface area contributed by atoms with Gasteiger partial charge in [0.15, 0.2) is 0 Å². The topological polar surface area (TPSA) is 65.0 Å². The van der Waals surface area contributed by atoms with Gasteiger partial charge in [0, 0.05) is 6.42 Å². The van der Waals surface area contributed by atoms with Gasteiger partial charge < -0.3 is 18.9 Å². The van der Waals surface area contributed by atoms with Crippen molar-refractivity contribution in [2.45, 2.75) is 38.1 Å². The molecule has 1 heterocycles. The van der Waals surface area contributed by atoms with E-state index in [1.165, 1.54) is 13.8 Å². The molecule has 1 N–H and O–H groups in total. The first-order chi connectivity index (χ1) is 7.83. The zero-order chi connectivity index (χ0) is 13.2. The fourth-order valence-corrected chi connectivity index (χ4v) is 3.30. The van der Waals surface area contributed by atoms with Crippen LogP contribution in [-0.4, -0.2) is 36.4 Å². The van der Waals surface area contributed by atoms with Crippen molar-refractivity contribution in [3.63, 3.8) is 0 Å². The highest BCUT2D eigenvalue weighted by molar-refractivity contribution is 7.55. The summed E-state index contributed by atoms with van der Waals surface area (Å²) in [4.78, 5) is 0. The molecular formula is C9H17F2O5P. The largest absolute Gasteiger partial charge is 0.405 e. The highest BCUT2D eigenvalue weighted by Crippen LogP contribution is 2.67. The Morgan fingerprint density at radius 3 is 2.29 bits per heavy atom. The third kappa shape index (κ3) is 2.53. The van der Waals surface area contributed by atoms with E-state index in [0.29, 0.717) is 0 Å². The summed E-state index contributed by atoms with van der Waals surface area (Å²) in [6, 6.07) is 0. The second-order valence-electron chi connectivity index (χ2n) is 3.61. The smallest absolute Gasteiger partial charge is 0.360 e. The maximum absolute atomic E-state index is 14.0. The van der Waals surface area contributed by atoms with Gasteiger partial charge in [0.1, 0.15) is 0 Å². The normalized spacial score (nSPS) is 26.4. The van der Waals surface area contributed by atoms with Gasteiger partial charge in [-0.25, -0.2) is 0 Å². The van der Waals surface area contributed by atoms with Gasteiger partial charge in [0.2, 0.25) is 5.79 Å². The average molecular weight is 274 g/mol. The minimum atomic E-state index is -4.75. The molecule has 0 radical (unpaired) electrons. The van der Waals surface area contributed by atoms with Crippen LogP contribution in [0.15, 0.2) is 0 Å². The summed E-state index contributed by atoms with van der Waals surface area (Å²) in [7, 11) is -4.75. The summed E-state index contributed by atoms with van der Waals surface area (Å²) in [6.07, 6.45) is -0.0333. The van der Waals surface area contributed by atoms with E-state index in [-0.39, 0.29) is 32.7 Å². The fourth-order valence-electron chi connectivity index (χ4n) is 1.62. The van der Waals surface area contributed by atoms with Gasteiger partial charge in [0.05, 0.1) is 19.8 Å². The minimum Gasteiger partial charge on any atom is -0.360 e. The number of aliphatic hydroxyl groups is 1. The number of ether oxygens (including phenoxy) is 1. The fraction of sp³-hybridized carbons (Fsp3) is 1.00. The Bertz CT molecular complexity index is 294. The maximum atomic E-state index is 14.0. The Labute approximate surface area is 98.6 Å². The van der Waals surface area contributed by atoms with Crippen LogP contribution >= 0.6 is 7.60 Å². The van der Waals surface area contributed by atoms with Crippen LogP contribution in [-0.2, 0) is 18.3 Å². The molecule has 0 amide bonds. The number of halogens is 2. The molecule has 1 aliphatic heterocycles. The number of rotatable bonds is 6. The molecule has 8 heteroatoms. The van der Waals surface area contributed by atoms with Crippen LogP contribution in [0.3, 0.4) is 0 Å². The third-order valence-electron chi connectivity index (χ3n) is 2.41. The zero-order valence-electron chi connectivity index (χ0n) is 9.82. The van der Waals surface area contributed by atoms with Crippen molar-refractivity contribution < 1.29 is 32.2 Å². The first-order valence-corrected chi connectivity index (χ1v) is 7.00. The van der Waals surface area contributed by atoms with E-state index in [1.54, 1.807) is 0 Å². The molecule has 0 saturated carbocycles. The SMILES string of the molecule is CCOP(=O)(OCC)C(F)(F)C1(O)CCCO1. The molecule has 0 aromatic rings. The molecule has 102 valence electrons. The van der Waals surface area contributed by atoms with Crippen molar-refractivity contribution in [1.29, 1.82) is 0 Å². The second kappa shape index (κ2) is 5.28. The highest BCUT2D eigenvalue weighted by Gasteiger charge is 2.69. The van der Waals surface area contributed by atoms with Crippen LogP contribution < -0.4 is 0 Å². The number of hydrogen-bond acceptors (Lipinski definition) is 5. The molecule has 1 unspecified atom stereocenters. The summed E-state index contributed by atoms with van der Waals surface area (Å²) in [5.74, 6) is -2.77. The van der Waals surface area contributed by atoms with Crippen molar-refractivity contribution in [2.24, 2.45) is 0 Å². The Morgan fingerprint density at radius 1 is 1.41 bits per heavy atom. The van der Waals surface area contributed by atoms with Gasteiger partial charge in [-0.2, -0.15) is 8.78 Å². The number of hydrogen-bond donors (Lipinski definition) is 1. The van der Waals surface area contributed by atoms with Gasteiger partial charge in [-0.3, -0.25) is 4.57 Å². The van der Waals surface area contributed by atoms with Crippen LogP contribution in [0.1, 0.15) is 26.7 Å². The van der Waals surface area contributed by atoms with Crippen LogP contribution in [0.2, 0.25) is 0 Å². The lowest BCUT2D eigenvalue weighted by Gasteiger charge is -2.34. The van der Waals surface area contributed by atoms with Gasteiger partial charge >= 0.3 is 13.3 Å². The standard InChI is InChI=1S/C9H17F2O5P/c1-3-15-17(13,16-4-2)9(10,11)8(12)6-5-7-14-8/h12H,3-7H2,1-2H3. The molecule has 1 atom stereocenters. The van der Waals surface area contributed by atoms with E-state index >= 15 is 0 Å². The molecular weight excluding hydrogens is 257 g/mol. The van der Waals surface area contributed by atoms with E-state index in [2.05, 4.69) is 13.8 Å². The molecule has 1 saturated heterocycles. The first-order valence-electron chi connectivity index (χ1n) is 5.46. The van der Waals surface area contributed by atoms with E-state index in [0.717, 1.165) is 0 Å². The predicted octanol–water partition coefficient (Wildman–Crippen LogP) is 2.34. The number of alkyl halides is 2. The molecule has 17 heavy (non-hydrogen) atoms. The van der Waals surface area contributed by atoms with Crippen molar-refractivity contribution in [3.8, 4) is 0 Å². The van der Waals surface area contributed by atoms with Crippen LogP contribution in [0.5, 0.6) is 0 Å². The molecule has 1 fully saturated rings. The monoisotopic (exact) mass is 274 g/mol. The molecule has 1 rings (SSSR count). The molecule has 1 aliphatic rings. The van der Waals surface area contributed by atoms with E-state index in [1.807, 2.05) is 0 Å². The molecule has 0 bridgehead atoms. The predicted molar refractivity (Wildman–Crippen MR) is 55.9 cm³/mol. The van der Waals surface area contributed by atoms with Gasteiger partial charge in [-0.1, -0.05) is 0 Å². The van der Waals surface area contributed by atoms with Crippen molar-refractivity contribution in [3.05, 3.63) is 0 Å². The lowest BCUT2D eigenvalue weighted by Crippen LogP contribution is -2.48. The molecule has 0 aromatic heterocycles. The van der Waals surface area contributed by atoms with Crippen molar-refractivity contribution in [2.75, 3.05) is 19.8 Å². The summed E-state index contributed by atoms with van der Waals surface area (Å²) >= 11 is 0. The van der Waals surface area contributed by atoms with Gasteiger partial charge in [-0.15, -0.1) is 0 Å². The molecule has 0 aliphatic carbocycles. The van der Waals surface area contributed by atoms with Crippen LogP contribution in [0, 0.1) is 0 Å². The summed E-state index contributed by atoms with van der Waals surface area (Å²) < 4.78 is 53.8. The van der Waals surface area contributed by atoms with Gasteiger partial charge in [-0.05, 0) is 20.3 Å². The Morgan fingerprint density at radius 2 is 1.94 bits per heavy atom. The Balaban J connectivity index is 3.02. The first kappa shape index (κ1) is 15.0. The molecule has 0 spiro atoms. The Kier molecular flexibility index (Phi) is 4.66. The summed E-state index contributed by atoms with van der Waals surface area (Å²) in [5, 5.41) is 9.70. The van der Waals surface area contributed by atoms with Crippen LogP contribution in [0.4, 0.5) is 8.78 Å². The summed E-state index contributed by atoms with van der Waals surface area (Å²) in [6.45, 7) is 2.42. The Hall–Kier alpha value is -0.0700. The summed E-state index contributed by atoms with van der Waals surface area (Å²) in [5.41, 5.74) is -4.08. The van der Waals surface area contributed by atoms with E-state index in [4.69, 9.17) is 0 Å². The quantitative estimate of drug-likeness (QED) is 0.753. The van der Waals surface area contributed by atoms with E-state index < -0.39 is 19.0 Å². The molecule has 0 aromatic carbocycles. The second-order valence-corrected chi connectivity index (χ2v) is 5.68. The van der Waals surface area contributed by atoms with Gasteiger partial charge in [0.25, 0.3) is 0 Å². The van der Waals surface area contributed by atoms with E-state index in [9.17, 15) is 18.5 Å². The lowest BCUT2D eigenvalue weighted by atomic mass is 10.2. The highest BCUT2D eigenvalue weighted by atomic mass is 31.2. The maximum Gasteiger partial charge on any atom is 0.405 e. The average Bonchev–Trinajstić information content (AvgIpc) is 2.67. The lowest BCUT2D eigenvalue weighted by molar-refractivity contribution is -0.269. The van der Waals surface area contributed by atoms with Crippen molar-refractivity contribution in [1.82, 2.24) is 0 Å². The zero-order valence-corrected chi connectivity index (χ0v) is 10.7. The minimum absolute atomic E-state index is 0.00958. The molecule has 5 nitrogen and oxygen atoms in total. The van der Waals surface area contributed by atoms with Crippen molar-refractivity contribution >= 4 is 7.60 Å².